The van der Waals surface area contributed by atoms with E-state index in [0.29, 0.717) is 34.9 Å². The lowest BCUT2D eigenvalue weighted by atomic mass is 9.63. The summed E-state index contributed by atoms with van der Waals surface area (Å²) in [6.07, 6.45) is -0.973. The minimum atomic E-state index is -4.79. The monoisotopic (exact) mass is 701 g/mol. The Hall–Kier alpha value is -4.06. The van der Waals surface area contributed by atoms with E-state index in [4.69, 9.17) is 0 Å². The third-order valence-electron chi connectivity index (χ3n) is 10.3. The van der Waals surface area contributed by atoms with Gasteiger partial charge in [0.1, 0.15) is 17.7 Å². The number of hydrogen-bond donors (Lipinski definition) is 2. The van der Waals surface area contributed by atoms with Crippen LogP contribution < -0.4 is 10.9 Å². The molecule has 2 aliphatic rings. The number of carbonyl (C=O) groups excluding carboxylic acids is 1. The molecule has 0 bridgehead atoms. The van der Waals surface area contributed by atoms with Gasteiger partial charge in [0.25, 0.3) is 5.56 Å². The van der Waals surface area contributed by atoms with Gasteiger partial charge in [0, 0.05) is 37.5 Å². The van der Waals surface area contributed by atoms with Crippen LogP contribution in [0.5, 0.6) is 0 Å². The number of amides is 1. The van der Waals surface area contributed by atoms with Crippen molar-refractivity contribution in [1.29, 1.82) is 0 Å². The second-order valence-electron chi connectivity index (χ2n) is 14.6. The number of nitrogens with one attached hydrogen (secondary N) is 1. The van der Waals surface area contributed by atoms with Crippen LogP contribution in [0.3, 0.4) is 0 Å². The molecule has 3 aromatic rings. The molecule has 5 rings (SSSR count). The Labute approximate surface area is 288 Å². The van der Waals surface area contributed by atoms with Crippen LogP contribution >= 0.6 is 0 Å². The Balaban J connectivity index is 1.51. The molecular formula is C38H44F5N3O4. The van der Waals surface area contributed by atoms with Gasteiger partial charge in [0.2, 0.25) is 5.91 Å². The molecule has 1 aromatic heterocycles. The van der Waals surface area contributed by atoms with Crippen molar-refractivity contribution in [3.63, 3.8) is 0 Å². The average molecular weight is 702 g/mol. The zero-order chi connectivity index (χ0) is 36.7. The zero-order valence-electron chi connectivity index (χ0n) is 29.0. The highest BCUT2D eigenvalue weighted by Gasteiger charge is 2.47. The van der Waals surface area contributed by atoms with Crippen LogP contribution in [0.1, 0.15) is 91.4 Å². The van der Waals surface area contributed by atoms with Crippen LogP contribution in [0.15, 0.2) is 41.3 Å². The number of aliphatic carboxylic acids is 1. The molecule has 2 N–H and O–H groups in total. The maximum atomic E-state index is 15.8. The summed E-state index contributed by atoms with van der Waals surface area (Å²) < 4.78 is 73.9. The van der Waals surface area contributed by atoms with Crippen molar-refractivity contribution in [2.75, 3.05) is 19.6 Å². The van der Waals surface area contributed by atoms with Crippen LogP contribution in [-0.2, 0) is 22.2 Å². The third-order valence-corrected chi connectivity index (χ3v) is 10.3. The quantitative estimate of drug-likeness (QED) is 0.189. The summed E-state index contributed by atoms with van der Waals surface area (Å²) >= 11 is 0. The summed E-state index contributed by atoms with van der Waals surface area (Å²) in [6.45, 7) is 10.4. The molecule has 12 heteroatoms. The first-order valence-corrected chi connectivity index (χ1v) is 17.0. The highest BCUT2D eigenvalue weighted by Crippen LogP contribution is 2.48. The standard InChI is InChI=1S/C38H44F5N3O4/c1-21(2)13-31(46-18-25(28(16-32(46)47)38(41,42)43)9-12-45-19-37(20-45)10-6-11-37)36(50)44-30(17-33(48)49)27-15-26(14-23(4)35(27)40)34-22(3)7-8-29(39)24(34)5/h7-8,14-16,18,21,30-31H,6,9-13,17,19-20H2,1-5H3,(H,44,50)(H,48,49)/t30-,31?/m0/s1. The molecule has 2 aromatic carbocycles. The number of aromatic nitrogens is 1. The van der Waals surface area contributed by atoms with Crippen molar-refractivity contribution in [1.82, 2.24) is 14.8 Å². The molecule has 2 atom stereocenters. The second-order valence-corrected chi connectivity index (χ2v) is 14.6. The number of aryl methyl sites for hydroxylation is 2. The minimum Gasteiger partial charge on any atom is -0.481 e. The Bertz CT molecular complexity index is 1840. The number of hydrogen-bond acceptors (Lipinski definition) is 4. The summed E-state index contributed by atoms with van der Waals surface area (Å²) in [7, 11) is 0. The van der Waals surface area contributed by atoms with Crippen LogP contribution in [0.4, 0.5) is 22.0 Å². The molecule has 0 radical (unpaired) electrons. The summed E-state index contributed by atoms with van der Waals surface area (Å²) in [5, 5.41) is 12.4. The van der Waals surface area contributed by atoms with Crippen molar-refractivity contribution >= 4 is 11.9 Å². The third kappa shape index (κ3) is 7.80. The fourth-order valence-corrected chi connectivity index (χ4v) is 7.57. The number of carboxylic acid groups (broad SMARTS) is 1. The Kier molecular flexibility index (Phi) is 10.6. The number of rotatable bonds is 12. The fraction of sp³-hybridized carbons (Fsp3) is 0.500. The first-order valence-electron chi connectivity index (χ1n) is 17.0. The minimum absolute atomic E-state index is 0.0130. The predicted octanol–water partition coefficient (Wildman–Crippen LogP) is 7.69. The van der Waals surface area contributed by atoms with Gasteiger partial charge in [-0.05, 0) is 109 Å². The molecule has 1 aliphatic carbocycles. The lowest BCUT2D eigenvalue weighted by molar-refractivity contribution is -0.139. The van der Waals surface area contributed by atoms with E-state index in [2.05, 4.69) is 10.2 Å². The van der Waals surface area contributed by atoms with Gasteiger partial charge in [-0.3, -0.25) is 14.4 Å². The van der Waals surface area contributed by atoms with Crippen molar-refractivity contribution in [2.45, 2.75) is 91.4 Å². The first kappa shape index (κ1) is 37.2. The van der Waals surface area contributed by atoms with Gasteiger partial charge < -0.3 is 19.9 Å². The van der Waals surface area contributed by atoms with Crippen LogP contribution in [0.25, 0.3) is 11.1 Å². The summed E-state index contributed by atoms with van der Waals surface area (Å²) in [4.78, 5) is 41.5. The van der Waals surface area contributed by atoms with Gasteiger partial charge >= 0.3 is 12.1 Å². The van der Waals surface area contributed by atoms with E-state index in [1.165, 1.54) is 25.1 Å². The smallest absolute Gasteiger partial charge is 0.416 e. The van der Waals surface area contributed by atoms with E-state index in [-0.39, 0.29) is 40.9 Å². The molecule has 2 heterocycles. The lowest BCUT2D eigenvalue weighted by Gasteiger charge is -2.56. The highest BCUT2D eigenvalue weighted by atomic mass is 19.4. The van der Waals surface area contributed by atoms with Gasteiger partial charge in [-0.15, -0.1) is 0 Å². The second kappa shape index (κ2) is 14.3. The van der Waals surface area contributed by atoms with E-state index >= 15 is 4.39 Å². The molecule has 1 spiro atoms. The summed E-state index contributed by atoms with van der Waals surface area (Å²) in [6, 6.07) is 3.58. The van der Waals surface area contributed by atoms with Crippen molar-refractivity contribution in [3.05, 3.63) is 91.9 Å². The predicted molar refractivity (Wildman–Crippen MR) is 180 cm³/mol. The maximum Gasteiger partial charge on any atom is 0.416 e. The van der Waals surface area contributed by atoms with E-state index < -0.39 is 59.3 Å². The molecule has 2 fully saturated rings. The van der Waals surface area contributed by atoms with Crippen molar-refractivity contribution in [2.24, 2.45) is 11.3 Å². The van der Waals surface area contributed by atoms with Gasteiger partial charge in [-0.1, -0.05) is 26.3 Å². The number of nitrogens with zero attached hydrogens (tertiary/aromatic N) is 2. The van der Waals surface area contributed by atoms with Crippen molar-refractivity contribution < 1.29 is 36.6 Å². The molecule has 270 valence electrons. The molecular weight excluding hydrogens is 657 g/mol. The number of carboxylic acids is 1. The lowest BCUT2D eigenvalue weighted by Crippen LogP contribution is -2.59. The zero-order valence-corrected chi connectivity index (χ0v) is 29.0. The molecule has 50 heavy (non-hydrogen) atoms. The van der Waals surface area contributed by atoms with Gasteiger partial charge in [0.15, 0.2) is 0 Å². The molecule has 1 saturated carbocycles. The topological polar surface area (TPSA) is 91.6 Å². The van der Waals surface area contributed by atoms with Crippen LogP contribution in [0.2, 0.25) is 0 Å². The first-order chi connectivity index (χ1) is 23.4. The Morgan fingerprint density at radius 2 is 1.70 bits per heavy atom. The average Bonchev–Trinajstić information content (AvgIpc) is 2.97. The molecule has 1 amide bonds. The van der Waals surface area contributed by atoms with E-state index in [9.17, 15) is 37.1 Å². The van der Waals surface area contributed by atoms with Crippen molar-refractivity contribution in [3.8, 4) is 11.1 Å². The van der Waals surface area contributed by atoms with Crippen LogP contribution in [0, 0.1) is 43.7 Å². The maximum absolute atomic E-state index is 15.8. The SMILES string of the molecule is Cc1cc(-c2c(C)ccc(F)c2C)cc([C@H](CC(=O)O)NC(=O)C(CC(C)C)n2cc(CCN3CC4(CCC4)C3)c(C(F)(F)F)cc2=O)c1F. The number of carbonyl (C=O) groups is 2. The number of benzene rings is 2. The number of likely N-dealkylation sites (tertiary alicyclic amines) is 1. The van der Waals surface area contributed by atoms with E-state index in [1.54, 1.807) is 33.8 Å². The van der Waals surface area contributed by atoms with Crippen LogP contribution in [-0.4, -0.2) is 46.1 Å². The Morgan fingerprint density at radius 3 is 2.28 bits per heavy atom. The van der Waals surface area contributed by atoms with E-state index in [1.807, 2.05) is 0 Å². The Morgan fingerprint density at radius 1 is 1.02 bits per heavy atom. The molecule has 1 saturated heterocycles. The summed E-state index contributed by atoms with van der Waals surface area (Å²) in [5.74, 6) is -3.64. The van der Waals surface area contributed by atoms with E-state index in [0.717, 1.165) is 43.1 Å². The largest absolute Gasteiger partial charge is 0.481 e. The highest BCUT2D eigenvalue weighted by molar-refractivity contribution is 5.82. The summed E-state index contributed by atoms with van der Waals surface area (Å²) in [5.41, 5.74) is -0.00592. The molecule has 1 aliphatic heterocycles. The van der Waals surface area contributed by atoms with Gasteiger partial charge in [0.05, 0.1) is 18.0 Å². The molecule has 7 nitrogen and oxygen atoms in total. The normalized spacial score (nSPS) is 16.9. The van der Waals surface area contributed by atoms with Gasteiger partial charge in [-0.25, -0.2) is 8.78 Å². The number of halogens is 5. The number of alkyl halides is 3. The number of pyridine rings is 1. The van der Waals surface area contributed by atoms with Gasteiger partial charge in [-0.2, -0.15) is 13.2 Å². The molecule has 1 unspecified atom stereocenters. The fourth-order valence-electron chi connectivity index (χ4n) is 7.57.